The van der Waals surface area contributed by atoms with E-state index in [0.717, 1.165) is 28.5 Å². The fourth-order valence-corrected chi connectivity index (χ4v) is 2.80. The number of aromatic amines is 1. The topological polar surface area (TPSA) is 75.1 Å². The number of aromatic hydroxyl groups is 1. The molecule has 1 unspecified atom stereocenters. The van der Waals surface area contributed by atoms with E-state index in [0.29, 0.717) is 6.42 Å². The molecule has 0 spiro atoms. The lowest BCUT2D eigenvalue weighted by molar-refractivity contribution is 0.332. The van der Waals surface area contributed by atoms with Crippen LogP contribution < -0.4 is 11.2 Å². The Balaban J connectivity index is 2.24. The van der Waals surface area contributed by atoms with Gasteiger partial charge in [0.05, 0.1) is 6.04 Å². The minimum absolute atomic E-state index is 0.459. The van der Waals surface area contributed by atoms with Crippen molar-refractivity contribution in [3.63, 3.8) is 0 Å². The van der Waals surface area contributed by atoms with Crippen LogP contribution in [-0.4, -0.2) is 14.7 Å². The zero-order chi connectivity index (χ0) is 14.3. The van der Waals surface area contributed by atoms with Crippen molar-refractivity contribution in [3.05, 3.63) is 62.0 Å². The van der Waals surface area contributed by atoms with Gasteiger partial charge in [0.25, 0.3) is 5.56 Å². The van der Waals surface area contributed by atoms with Crippen molar-refractivity contribution in [2.24, 2.45) is 0 Å². The molecule has 1 aliphatic rings. The zero-order valence-electron chi connectivity index (χ0n) is 10.6. The van der Waals surface area contributed by atoms with Gasteiger partial charge in [0.1, 0.15) is 0 Å². The van der Waals surface area contributed by atoms with Gasteiger partial charge in [0.15, 0.2) is 0 Å². The number of nitrogens with one attached hydrogen (secondary N) is 1. The number of hydrogen-bond donors (Lipinski definition) is 2. The standard InChI is InChI=1S/C14H13FN2O3/c15-11-12(18)16-14(20)17(13(11)19)10-7-3-5-8-4-1-2-6-9(8)10/h1-2,4,6,10,19H,3,5,7H2,(H,16,18,20). The van der Waals surface area contributed by atoms with Gasteiger partial charge in [-0.15, -0.1) is 0 Å². The fourth-order valence-electron chi connectivity index (χ4n) is 2.80. The highest BCUT2D eigenvalue weighted by Gasteiger charge is 2.26. The summed E-state index contributed by atoms with van der Waals surface area (Å²) < 4.78 is 14.5. The Morgan fingerprint density at radius 1 is 1.30 bits per heavy atom. The van der Waals surface area contributed by atoms with E-state index in [1.54, 1.807) is 0 Å². The first kappa shape index (κ1) is 12.7. The quantitative estimate of drug-likeness (QED) is 0.824. The third kappa shape index (κ3) is 1.84. The monoisotopic (exact) mass is 276 g/mol. The molecule has 0 amide bonds. The Morgan fingerprint density at radius 3 is 2.85 bits per heavy atom. The Bertz CT molecular complexity index is 779. The normalized spacial score (nSPS) is 17.8. The molecule has 0 saturated carbocycles. The number of benzene rings is 1. The predicted octanol–water partition coefficient (Wildman–Crippen LogP) is 1.31. The first-order valence-electron chi connectivity index (χ1n) is 6.40. The molecule has 5 nitrogen and oxygen atoms in total. The van der Waals surface area contributed by atoms with Gasteiger partial charge in [-0.25, -0.2) is 4.79 Å². The number of nitrogens with zero attached hydrogens (tertiary/aromatic N) is 1. The number of aryl methyl sites for hydroxylation is 1. The number of aromatic nitrogens is 2. The molecule has 0 radical (unpaired) electrons. The van der Waals surface area contributed by atoms with Crippen LogP contribution in [0.25, 0.3) is 0 Å². The second kappa shape index (κ2) is 4.63. The van der Waals surface area contributed by atoms with Crippen LogP contribution in [0.3, 0.4) is 0 Å². The maximum absolute atomic E-state index is 13.5. The maximum atomic E-state index is 13.5. The maximum Gasteiger partial charge on any atom is 0.331 e. The fraction of sp³-hybridized carbons (Fsp3) is 0.286. The lowest BCUT2D eigenvalue weighted by Gasteiger charge is -2.27. The van der Waals surface area contributed by atoms with Gasteiger partial charge >= 0.3 is 5.69 Å². The average Bonchev–Trinajstić information content (AvgIpc) is 2.45. The molecular weight excluding hydrogens is 263 g/mol. The van der Waals surface area contributed by atoms with E-state index >= 15 is 0 Å². The third-order valence-corrected chi connectivity index (χ3v) is 3.71. The smallest absolute Gasteiger partial charge is 0.331 e. The van der Waals surface area contributed by atoms with Gasteiger partial charge in [-0.3, -0.25) is 14.3 Å². The first-order valence-corrected chi connectivity index (χ1v) is 6.40. The number of H-pyrrole nitrogens is 1. The second-order valence-corrected chi connectivity index (χ2v) is 4.87. The molecule has 1 aromatic heterocycles. The van der Waals surface area contributed by atoms with Gasteiger partial charge in [-0.1, -0.05) is 24.3 Å². The molecular formula is C14H13FN2O3. The summed E-state index contributed by atoms with van der Waals surface area (Å²) in [5.41, 5.74) is -0.0484. The largest absolute Gasteiger partial charge is 0.492 e. The van der Waals surface area contributed by atoms with Crippen LogP contribution in [0.5, 0.6) is 5.88 Å². The Labute approximate surface area is 113 Å². The SMILES string of the molecule is O=c1[nH]c(=O)n(C2CCCc3ccccc32)c(O)c1F. The summed E-state index contributed by atoms with van der Waals surface area (Å²) in [6, 6.07) is 7.08. The van der Waals surface area contributed by atoms with Crippen molar-refractivity contribution in [1.82, 2.24) is 9.55 Å². The molecule has 6 heteroatoms. The van der Waals surface area contributed by atoms with Crippen LogP contribution in [0.1, 0.15) is 30.0 Å². The predicted molar refractivity (Wildman–Crippen MR) is 70.5 cm³/mol. The van der Waals surface area contributed by atoms with E-state index in [4.69, 9.17) is 0 Å². The molecule has 104 valence electrons. The third-order valence-electron chi connectivity index (χ3n) is 3.71. The summed E-state index contributed by atoms with van der Waals surface area (Å²) in [5.74, 6) is -2.23. The van der Waals surface area contributed by atoms with Crippen LogP contribution in [-0.2, 0) is 6.42 Å². The molecule has 1 heterocycles. The lowest BCUT2D eigenvalue weighted by atomic mass is 9.87. The Hall–Kier alpha value is -2.37. The molecule has 20 heavy (non-hydrogen) atoms. The molecule has 0 bridgehead atoms. The molecule has 2 aromatic rings. The number of halogens is 1. The summed E-state index contributed by atoms with van der Waals surface area (Å²) in [6.45, 7) is 0. The van der Waals surface area contributed by atoms with E-state index in [1.165, 1.54) is 0 Å². The Morgan fingerprint density at radius 2 is 2.05 bits per heavy atom. The molecule has 1 aromatic carbocycles. The van der Waals surface area contributed by atoms with Crippen LogP contribution >= 0.6 is 0 Å². The van der Waals surface area contributed by atoms with Crippen LogP contribution in [0.2, 0.25) is 0 Å². The van der Waals surface area contributed by atoms with Gasteiger partial charge in [-0.2, -0.15) is 4.39 Å². The van der Waals surface area contributed by atoms with Crippen molar-refractivity contribution >= 4 is 0 Å². The summed E-state index contributed by atoms with van der Waals surface area (Å²) >= 11 is 0. The van der Waals surface area contributed by atoms with Crippen molar-refractivity contribution in [2.45, 2.75) is 25.3 Å². The van der Waals surface area contributed by atoms with Crippen LogP contribution in [0, 0.1) is 5.82 Å². The van der Waals surface area contributed by atoms with E-state index in [-0.39, 0.29) is 0 Å². The number of rotatable bonds is 1. The zero-order valence-corrected chi connectivity index (χ0v) is 10.6. The summed E-state index contributed by atoms with van der Waals surface area (Å²) in [6.07, 6.45) is 2.32. The van der Waals surface area contributed by atoms with E-state index in [1.807, 2.05) is 29.2 Å². The lowest BCUT2D eigenvalue weighted by Crippen LogP contribution is -2.35. The van der Waals surface area contributed by atoms with Crippen molar-refractivity contribution < 1.29 is 9.50 Å². The molecule has 0 aliphatic heterocycles. The van der Waals surface area contributed by atoms with Crippen molar-refractivity contribution in [3.8, 4) is 5.88 Å². The average molecular weight is 276 g/mol. The number of fused-ring (bicyclic) bond motifs is 1. The molecule has 2 N–H and O–H groups in total. The molecule has 1 atom stereocenters. The highest BCUT2D eigenvalue weighted by atomic mass is 19.1. The highest BCUT2D eigenvalue weighted by Crippen LogP contribution is 2.33. The summed E-state index contributed by atoms with van der Waals surface area (Å²) in [4.78, 5) is 24.9. The van der Waals surface area contributed by atoms with E-state index in [9.17, 15) is 19.1 Å². The first-order chi connectivity index (χ1) is 9.59. The minimum atomic E-state index is -1.33. The minimum Gasteiger partial charge on any atom is -0.492 e. The van der Waals surface area contributed by atoms with Gasteiger partial charge in [0.2, 0.25) is 11.7 Å². The van der Waals surface area contributed by atoms with E-state index in [2.05, 4.69) is 0 Å². The highest BCUT2D eigenvalue weighted by molar-refractivity contribution is 5.33. The van der Waals surface area contributed by atoms with Crippen molar-refractivity contribution in [2.75, 3.05) is 0 Å². The van der Waals surface area contributed by atoms with Gasteiger partial charge in [-0.05, 0) is 30.4 Å². The second-order valence-electron chi connectivity index (χ2n) is 4.87. The van der Waals surface area contributed by atoms with Gasteiger partial charge in [0, 0.05) is 0 Å². The molecule has 1 aliphatic carbocycles. The molecule has 3 rings (SSSR count). The van der Waals surface area contributed by atoms with Crippen LogP contribution in [0.4, 0.5) is 4.39 Å². The van der Waals surface area contributed by atoms with Gasteiger partial charge < -0.3 is 5.11 Å². The van der Waals surface area contributed by atoms with Crippen LogP contribution in [0.15, 0.2) is 33.9 Å². The number of hydrogen-bond acceptors (Lipinski definition) is 3. The summed E-state index contributed by atoms with van der Waals surface area (Å²) in [7, 11) is 0. The Kier molecular flexibility index (Phi) is 2.93. The van der Waals surface area contributed by atoms with E-state index < -0.39 is 29.0 Å². The molecule has 0 saturated heterocycles. The molecule has 0 fully saturated rings. The summed E-state index contributed by atoms with van der Waals surface area (Å²) in [5, 5.41) is 9.81. The van der Waals surface area contributed by atoms with Crippen molar-refractivity contribution in [1.29, 1.82) is 0 Å².